The largest absolute Gasteiger partial charge is 0.458 e. The Morgan fingerprint density at radius 2 is 2.23 bits per heavy atom. The van der Waals surface area contributed by atoms with Crippen LogP contribution in [-0.2, 0) is 24.5 Å². The molecule has 26 heavy (non-hydrogen) atoms. The number of anilines is 1. The van der Waals surface area contributed by atoms with Crippen molar-refractivity contribution in [3.63, 3.8) is 0 Å². The Labute approximate surface area is 150 Å². The Kier molecular flexibility index (Phi) is 4.04. The van der Waals surface area contributed by atoms with E-state index in [1.165, 1.54) is 13.0 Å². The summed E-state index contributed by atoms with van der Waals surface area (Å²) < 4.78 is 10.6. The van der Waals surface area contributed by atoms with Gasteiger partial charge in [0.1, 0.15) is 29.6 Å². The summed E-state index contributed by atoms with van der Waals surface area (Å²) in [5.74, 6) is -1.42. The van der Waals surface area contributed by atoms with Crippen LogP contribution in [0.15, 0.2) is 53.6 Å². The summed E-state index contributed by atoms with van der Waals surface area (Å²) in [4.78, 5) is 25.9. The van der Waals surface area contributed by atoms with E-state index in [2.05, 4.69) is 11.9 Å². The summed E-state index contributed by atoms with van der Waals surface area (Å²) in [7, 11) is 0. The number of nitriles is 1. The summed E-state index contributed by atoms with van der Waals surface area (Å²) in [5, 5.41) is 12.5. The van der Waals surface area contributed by atoms with Gasteiger partial charge in [0, 0.05) is 11.3 Å². The topological polar surface area (TPSA) is 114 Å². The third kappa shape index (κ3) is 2.12. The minimum atomic E-state index is -1.71. The molecule has 7 heteroatoms. The van der Waals surface area contributed by atoms with E-state index >= 15 is 0 Å². The molecule has 0 aromatic heterocycles. The summed E-state index contributed by atoms with van der Waals surface area (Å²) >= 11 is 0. The van der Waals surface area contributed by atoms with E-state index in [0.717, 1.165) is 5.56 Å². The summed E-state index contributed by atoms with van der Waals surface area (Å²) in [6.45, 7) is 6.77. The van der Waals surface area contributed by atoms with E-state index in [1.54, 1.807) is 25.1 Å². The van der Waals surface area contributed by atoms with Crippen LogP contribution < -0.4 is 11.1 Å². The van der Waals surface area contributed by atoms with Crippen molar-refractivity contribution in [2.45, 2.75) is 19.3 Å². The smallest absolute Gasteiger partial charge is 0.339 e. The van der Waals surface area contributed by atoms with Crippen LogP contribution in [0.3, 0.4) is 0 Å². The molecule has 0 bridgehead atoms. The molecule has 7 nitrogen and oxygen atoms in total. The molecular weight excluding hydrogens is 334 g/mol. The van der Waals surface area contributed by atoms with Crippen molar-refractivity contribution in [1.82, 2.24) is 0 Å². The van der Waals surface area contributed by atoms with Gasteiger partial charge in [-0.05, 0) is 25.5 Å². The third-order valence-corrected chi connectivity index (χ3v) is 4.50. The molecule has 2 heterocycles. The summed E-state index contributed by atoms with van der Waals surface area (Å²) in [6.07, 6.45) is 1.41. The number of amides is 1. The van der Waals surface area contributed by atoms with Gasteiger partial charge in [-0.2, -0.15) is 5.26 Å². The molecule has 0 aliphatic carbocycles. The average Bonchev–Trinajstić information content (AvgIpc) is 2.87. The maximum Gasteiger partial charge on any atom is 0.339 e. The molecule has 0 radical (unpaired) electrons. The highest BCUT2D eigenvalue weighted by molar-refractivity contribution is 6.17. The first-order valence-electron chi connectivity index (χ1n) is 7.88. The molecule has 1 spiro atoms. The molecule has 1 aromatic carbocycles. The second kappa shape index (κ2) is 6.08. The number of aryl methyl sites for hydroxylation is 1. The SMILES string of the molecule is C=CCOC(=O)C1=C(C)OC(N)=C(C#N)[C@@]12C(=O)Nc1cccc(C)c12. The van der Waals surface area contributed by atoms with Gasteiger partial charge in [-0.25, -0.2) is 4.79 Å². The fourth-order valence-electron chi connectivity index (χ4n) is 3.56. The fraction of sp³-hybridized carbons (Fsp3) is 0.211. The van der Waals surface area contributed by atoms with Gasteiger partial charge in [-0.1, -0.05) is 24.8 Å². The number of rotatable bonds is 3. The highest BCUT2D eigenvalue weighted by atomic mass is 16.5. The van der Waals surface area contributed by atoms with Gasteiger partial charge in [0.25, 0.3) is 0 Å². The lowest BCUT2D eigenvalue weighted by molar-refractivity contribution is -0.140. The second-order valence-electron chi connectivity index (χ2n) is 5.97. The Hall–Kier alpha value is -3.53. The first kappa shape index (κ1) is 17.3. The first-order chi connectivity index (χ1) is 12.4. The van der Waals surface area contributed by atoms with Crippen LogP contribution >= 0.6 is 0 Å². The van der Waals surface area contributed by atoms with Gasteiger partial charge in [-0.3, -0.25) is 4.79 Å². The van der Waals surface area contributed by atoms with E-state index in [0.29, 0.717) is 11.3 Å². The number of hydrogen-bond donors (Lipinski definition) is 2. The van der Waals surface area contributed by atoms with Crippen molar-refractivity contribution >= 4 is 17.6 Å². The van der Waals surface area contributed by atoms with Crippen LogP contribution in [0.2, 0.25) is 0 Å². The predicted octanol–water partition coefficient (Wildman–Crippen LogP) is 1.91. The minimum absolute atomic E-state index is 0.0466. The molecule has 2 aliphatic heterocycles. The molecule has 0 saturated heterocycles. The molecular formula is C19H17N3O4. The molecule has 1 aromatic rings. The van der Waals surface area contributed by atoms with Gasteiger partial charge < -0.3 is 20.5 Å². The molecule has 132 valence electrons. The van der Waals surface area contributed by atoms with E-state index in [4.69, 9.17) is 15.2 Å². The number of benzene rings is 1. The minimum Gasteiger partial charge on any atom is -0.458 e. The van der Waals surface area contributed by atoms with Gasteiger partial charge in [0.05, 0.1) is 0 Å². The van der Waals surface area contributed by atoms with E-state index in [-0.39, 0.29) is 29.4 Å². The zero-order valence-corrected chi connectivity index (χ0v) is 14.4. The summed E-state index contributed by atoms with van der Waals surface area (Å²) in [5.41, 5.74) is 5.75. The predicted molar refractivity (Wildman–Crippen MR) is 93.3 cm³/mol. The molecule has 1 amide bonds. The number of allylic oxidation sites excluding steroid dienone is 1. The number of nitrogens with two attached hydrogens (primary N) is 1. The van der Waals surface area contributed by atoms with Crippen molar-refractivity contribution in [1.29, 1.82) is 5.26 Å². The maximum absolute atomic E-state index is 13.1. The number of hydrogen-bond acceptors (Lipinski definition) is 6. The van der Waals surface area contributed by atoms with Crippen molar-refractivity contribution < 1.29 is 19.1 Å². The molecule has 3 N–H and O–H groups in total. The van der Waals surface area contributed by atoms with E-state index in [1.807, 2.05) is 6.07 Å². The zero-order valence-electron chi connectivity index (χ0n) is 14.4. The lowest BCUT2D eigenvalue weighted by atomic mass is 9.67. The van der Waals surface area contributed by atoms with Crippen LogP contribution in [-0.4, -0.2) is 18.5 Å². The first-order valence-corrected chi connectivity index (χ1v) is 7.88. The number of fused-ring (bicyclic) bond motifs is 2. The quantitative estimate of drug-likeness (QED) is 0.635. The van der Waals surface area contributed by atoms with Crippen molar-refractivity contribution in [3.05, 3.63) is 64.8 Å². The number of nitrogens with one attached hydrogen (secondary N) is 1. The van der Waals surface area contributed by atoms with Crippen LogP contribution in [0, 0.1) is 18.3 Å². The molecule has 3 rings (SSSR count). The van der Waals surface area contributed by atoms with Crippen LogP contribution in [0.5, 0.6) is 0 Å². The zero-order chi connectivity index (χ0) is 19.1. The standard InChI is InChI=1S/C19H17N3O4/c1-4-8-25-17(23)15-11(3)26-16(21)12(9-20)19(15)14-10(2)6-5-7-13(14)22-18(19)24/h4-7H,1,8,21H2,2-3H3,(H,22,24)/t19-/m0/s1. The van der Waals surface area contributed by atoms with Gasteiger partial charge in [0.15, 0.2) is 5.41 Å². The highest BCUT2D eigenvalue weighted by Crippen LogP contribution is 2.52. The highest BCUT2D eigenvalue weighted by Gasteiger charge is 2.60. The Morgan fingerprint density at radius 3 is 2.88 bits per heavy atom. The number of carbonyl (C=O) groups excluding carboxylic acids is 2. The number of nitrogens with zero attached hydrogens (tertiary/aromatic N) is 1. The normalized spacial score (nSPS) is 21.0. The number of ether oxygens (including phenoxy) is 2. The number of esters is 1. The van der Waals surface area contributed by atoms with Crippen molar-refractivity contribution in [2.24, 2.45) is 5.73 Å². The Bertz CT molecular complexity index is 952. The lowest BCUT2D eigenvalue weighted by Crippen LogP contribution is -2.46. The maximum atomic E-state index is 13.1. The van der Waals surface area contributed by atoms with Gasteiger partial charge >= 0.3 is 5.97 Å². The molecule has 2 aliphatic rings. The van der Waals surface area contributed by atoms with Crippen molar-refractivity contribution in [2.75, 3.05) is 11.9 Å². The fourth-order valence-corrected chi connectivity index (χ4v) is 3.56. The second-order valence-corrected chi connectivity index (χ2v) is 5.97. The molecule has 1 atom stereocenters. The molecule has 0 unspecified atom stereocenters. The summed E-state index contributed by atoms with van der Waals surface area (Å²) in [6, 6.07) is 7.23. The lowest BCUT2D eigenvalue weighted by Gasteiger charge is -2.34. The Morgan fingerprint density at radius 1 is 1.50 bits per heavy atom. The van der Waals surface area contributed by atoms with E-state index < -0.39 is 17.3 Å². The monoisotopic (exact) mass is 351 g/mol. The van der Waals surface area contributed by atoms with Gasteiger partial charge in [-0.15, -0.1) is 0 Å². The van der Waals surface area contributed by atoms with Crippen LogP contribution in [0.1, 0.15) is 18.1 Å². The Balaban J connectivity index is 2.38. The van der Waals surface area contributed by atoms with Crippen LogP contribution in [0.25, 0.3) is 0 Å². The third-order valence-electron chi connectivity index (χ3n) is 4.50. The van der Waals surface area contributed by atoms with E-state index in [9.17, 15) is 14.9 Å². The molecule has 0 saturated carbocycles. The molecule has 0 fully saturated rings. The number of carbonyl (C=O) groups is 2. The van der Waals surface area contributed by atoms with Crippen LogP contribution in [0.4, 0.5) is 5.69 Å². The average molecular weight is 351 g/mol. The van der Waals surface area contributed by atoms with Crippen molar-refractivity contribution in [3.8, 4) is 6.07 Å². The van der Waals surface area contributed by atoms with Gasteiger partial charge in [0.2, 0.25) is 11.8 Å².